The van der Waals surface area contributed by atoms with E-state index in [0.29, 0.717) is 5.69 Å². The molecule has 0 radical (unpaired) electrons. The molecule has 1 saturated carbocycles. The van der Waals surface area contributed by atoms with Crippen LogP contribution in [0.2, 0.25) is 5.15 Å². The minimum Gasteiger partial charge on any atom is -0.320 e. The van der Waals surface area contributed by atoms with Gasteiger partial charge in [0.25, 0.3) is 5.92 Å². The molecule has 1 aliphatic carbocycles. The zero-order valence-electron chi connectivity index (χ0n) is 7.17. The maximum absolute atomic E-state index is 12.7. The third-order valence-electron chi connectivity index (χ3n) is 2.26. The Morgan fingerprint density at radius 3 is 2.50 bits per heavy atom. The molecule has 1 aliphatic rings. The number of halogens is 3. The van der Waals surface area contributed by atoms with Crippen LogP contribution in [0.4, 0.5) is 8.78 Å². The van der Waals surface area contributed by atoms with Crippen LogP contribution >= 0.6 is 11.6 Å². The summed E-state index contributed by atoms with van der Waals surface area (Å²) in [6, 6.07) is 0. The lowest BCUT2D eigenvalue weighted by molar-refractivity contribution is -0.126. The topological polar surface area (TPSA) is 51.8 Å². The van der Waals surface area contributed by atoms with Crippen molar-refractivity contribution in [1.29, 1.82) is 0 Å². The first kappa shape index (κ1) is 9.73. The largest absolute Gasteiger partial charge is 0.320 e. The number of alkyl halides is 2. The molecule has 2 rings (SSSR count). The van der Waals surface area contributed by atoms with Gasteiger partial charge < -0.3 is 5.73 Å². The van der Waals surface area contributed by atoms with E-state index in [2.05, 4.69) is 9.97 Å². The van der Waals surface area contributed by atoms with Gasteiger partial charge in [0.05, 0.1) is 23.6 Å². The predicted octanol–water partition coefficient (Wildman–Crippen LogP) is 1.71. The summed E-state index contributed by atoms with van der Waals surface area (Å²) in [6.07, 6.45) is 1.93. The molecule has 0 aliphatic heterocycles. The fourth-order valence-electron chi connectivity index (χ4n) is 1.63. The summed E-state index contributed by atoms with van der Waals surface area (Å²) in [7, 11) is 0. The van der Waals surface area contributed by atoms with Crippen LogP contribution in [-0.2, 0) is 5.54 Å². The second kappa shape index (κ2) is 2.84. The standard InChI is InChI=1S/C8H8ClF2N3/c9-6-2-13-1-5(14-6)7(12)3-8(10,11)4-7/h1-2H,3-4,12H2. The third kappa shape index (κ3) is 1.57. The molecule has 3 nitrogen and oxygen atoms in total. The summed E-state index contributed by atoms with van der Waals surface area (Å²) in [5.74, 6) is -2.68. The van der Waals surface area contributed by atoms with Crippen LogP contribution in [0.25, 0.3) is 0 Å². The summed E-state index contributed by atoms with van der Waals surface area (Å²) in [5, 5.41) is 0.169. The molecule has 1 aromatic rings. The van der Waals surface area contributed by atoms with E-state index >= 15 is 0 Å². The molecule has 0 spiro atoms. The Balaban J connectivity index is 2.25. The van der Waals surface area contributed by atoms with Crippen molar-refractivity contribution in [3.8, 4) is 0 Å². The highest BCUT2D eigenvalue weighted by atomic mass is 35.5. The monoisotopic (exact) mass is 219 g/mol. The second-order valence-corrected chi connectivity index (χ2v) is 3.98. The molecular formula is C8H8ClF2N3. The van der Waals surface area contributed by atoms with Crippen molar-refractivity contribution in [2.75, 3.05) is 0 Å². The Kier molecular flexibility index (Phi) is 1.97. The quantitative estimate of drug-likeness (QED) is 0.783. The highest BCUT2D eigenvalue weighted by Crippen LogP contribution is 2.49. The Bertz CT molecular complexity index is 361. The number of aromatic nitrogens is 2. The van der Waals surface area contributed by atoms with Gasteiger partial charge in [0.1, 0.15) is 5.15 Å². The van der Waals surface area contributed by atoms with Crippen LogP contribution < -0.4 is 5.73 Å². The van der Waals surface area contributed by atoms with E-state index in [0.717, 1.165) is 0 Å². The van der Waals surface area contributed by atoms with E-state index in [-0.39, 0.29) is 5.15 Å². The minimum absolute atomic E-state index is 0.169. The van der Waals surface area contributed by atoms with Crippen LogP contribution in [-0.4, -0.2) is 15.9 Å². The van der Waals surface area contributed by atoms with Gasteiger partial charge >= 0.3 is 0 Å². The van der Waals surface area contributed by atoms with Gasteiger partial charge in [0, 0.05) is 12.8 Å². The average molecular weight is 220 g/mol. The Morgan fingerprint density at radius 1 is 1.36 bits per heavy atom. The Morgan fingerprint density at radius 2 is 2.00 bits per heavy atom. The minimum atomic E-state index is -2.68. The number of rotatable bonds is 1. The molecule has 0 unspecified atom stereocenters. The molecule has 6 heteroatoms. The number of nitrogens with zero attached hydrogens (tertiary/aromatic N) is 2. The van der Waals surface area contributed by atoms with Gasteiger partial charge in [-0.3, -0.25) is 4.98 Å². The summed E-state index contributed by atoms with van der Waals surface area (Å²) in [4.78, 5) is 7.64. The molecule has 0 amide bonds. The lowest BCUT2D eigenvalue weighted by Crippen LogP contribution is -2.56. The zero-order chi connectivity index (χ0) is 10.4. The molecule has 0 saturated heterocycles. The maximum atomic E-state index is 12.7. The highest BCUT2D eigenvalue weighted by molar-refractivity contribution is 6.29. The van der Waals surface area contributed by atoms with Gasteiger partial charge in [0.2, 0.25) is 0 Å². The van der Waals surface area contributed by atoms with Gasteiger partial charge in [-0.25, -0.2) is 13.8 Å². The smallest absolute Gasteiger partial charge is 0.252 e. The number of hydrogen-bond acceptors (Lipinski definition) is 3. The molecular weight excluding hydrogens is 212 g/mol. The normalized spacial score (nSPS) is 22.9. The van der Waals surface area contributed by atoms with Crippen LogP contribution in [0.15, 0.2) is 12.4 Å². The van der Waals surface area contributed by atoms with Crippen LogP contribution in [0, 0.1) is 0 Å². The molecule has 0 atom stereocenters. The van der Waals surface area contributed by atoms with E-state index in [4.69, 9.17) is 17.3 Å². The van der Waals surface area contributed by atoms with E-state index in [1.807, 2.05) is 0 Å². The van der Waals surface area contributed by atoms with Crippen LogP contribution in [0.1, 0.15) is 18.5 Å². The van der Waals surface area contributed by atoms with Crippen molar-refractivity contribution in [2.45, 2.75) is 24.3 Å². The number of nitrogens with two attached hydrogens (primary N) is 1. The van der Waals surface area contributed by atoms with E-state index in [1.165, 1.54) is 12.4 Å². The van der Waals surface area contributed by atoms with Crippen molar-refractivity contribution in [3.63, 3.8) is 0 Å². The summed E-state index contributed by atoms with van der Waals surface area (Å²) in [6.45, 7) is 0. The molecule has 1 fully saturated rings. The van der Waals surface area contributed by atoms with E-state index in [1.54, 1.807) is 0 Å². The van der Waals surface area contributed by atoms with Gasteiger partial charge in [0.15, 0.2) is 0 Å². The maximum Gasteiger partial charge on any atom is 0.252 e. The van der Waals surface area contributed by atoms with Crippen molar-refractivity contribution >= 4 is 11.6 Å². The van der Waals surface area contributed by atoms with Gasteiger partial charge in [-0.1, -0.05) is 11.6 Å². The summed E-state index contributed by atoms with van der Waals surface area (Å²) in [5.41, 5.74) is 4.99. The SMILES string of the molecule is NC1(c2cncc(Cl)n2)CC(F)(F)C1. The number of hydrogen-bond donors (Lipinski definition) is 1. The molecule has 1 heterocycles. The molecule has 76 valence electrons. The molecule has 0 bridgehead atoms. The molecule has 14 heavy (non-hydrogen) atoms. The van der Waals surface area contributed by atoms with Crippen molar-refractivity contribution in [1.82, 2.24) is 9.97 Å². The molecule has 0 aromatic carbocycles. The first-order chi connectivity index (χ1) is 6.41. The first-order valence-corrected chi connectivity index (χ1v) is 4.44. The predicted molar refractivity (Wildman–Crippen MR) is 47.1 cm³/mol. The lowest BCUT2D eigenvalue weighted by Gasteiger charge is -2.43. The molecule has 2 N–H and O–H groups in total. The van der Waals surface area contributed by atoms with Crippen molar-refractivity contribution in [2.24, 2.45) is 5.73 Å². The van der Waals surface area contributed by atoms with Gasteiger partial charge in [-0.15, -0.1) is 0 Å². The average Bonchev–Trinajstić information content (AvgIpc) is 2.00. The van der Waals surface area contributed by atoms with E-state index in [9.17, 15) is 8.78 Å². The Hall–Kier alpha value is -0.810. The fourth-order valence-corrected chi connectivity index (χ4v) is 1.78. The van der Waals surface area contributed by atoms with Gasteiger partial charge in [-0.2, -0.15) is 0 Å². The molecule has 1 aromatic heterocycles. The summed E-state index contributed by atoms with van der Waals surface area (Å²) >= 11 is 5.59. The fraction of sp³-hybridized carbons (Fsp3) is 0.500. The highest BCUT2D eigenvalue weighted by Gasteiger charge is 2.56. The zero-order valence-corrected chi connectivity index (χ0v) is 7.93. The lowest BCUT2D eigenvalue weighted by atomic mass is 9.72. The van der Waals surface area contributed by atoms with Crippen LogP contribution in [0.3, 0.4) is 0 Å². The third-order valence-corrected chi connectivity index (χ3v) is 2.45. The first-order valence-electron chi connectivity index (χ1n) is 4.06. The Labute approximate surface area is 84.3 Å². The van der Waals surface area contributed by atoms with Crippen LogP contribution in [0.5, 0.6) is 0 Å². The van der Waals surface area contributed by atoms with Crippen molar-refractivity contribution < 1.29 is 8.78 Å². The van der Waals surface area contributed by atoms with E-state index < -0.39 is 24.3 Å². The van der Waals surface area contributed by atoms with Gasteiger partial charge in [-0.05, 0) is 0 Å². The second-order valence-electron chi connectivity index (χ2n) is 3.59. The van der Waals surface area contributed by atoms with Crippen molar-refractivity contribution in [3.05, 3.63) is 23.2 Å². The summed E-state index contributed by atoms with van der Waals surface area (Å²) < 4.78 is 25.3.